The SMILES string of the molecule is CC(C)CC(=O)O[C@@H](C)OC(=O)C1=C(/C=C\c2cccnc2)CS[C@@H]2[C@H](NC(=O)/C(=N\O)c3csc(N)n3)C(=O)N12. The van der Waals surface area contributed by atoms with E-state index in [0.29, 0.717) is 11.3 Å². The Morgan fingerprint density at radius 1 is 1.29 bits per heavy atom. The summed E-state index contributed by atoms with van der Waals surface area (Å²) in [4.78, 5) is 60.8. The number of ether oxygens (including phenoxy) is 2. The topological polar surface area (TPSA) is 186 Å². The van der Waals surface area contributed by atoms with Gasteiger partial charge in [-0.3, -0.25) is 24.3 Å². The maximum atomic E-state index is 13.4. The lowest BCUT2D eigenvalue weighted by molar-refractivity contribution is -0.184. The zero-order valence-electron chi connectivity index (χ0n) is 22.3. The lowest BCUT2D eigenvalue weighted by Crippen LogP contribution is -2.71. The Morgan fingerprint density at radius 3 is 2.71 bits per heavy atom. The number of nitrogens with two attached hydrogens (primary N) is 1. The second-order valence-electron chi connectivity index (χ2n) is 9.43. The Kier molecular flexibility index (Phi) is 9.39. The van der Waals surface area contributed by atoms with Crippen LogP contribution < -0.4 is 11.1 Å². The van der Waals surface area contributed by atoms with Gasteiger partial charge in [-0.05, 0) is 23.1 Å². The molecule has 0 bridgehead atoms. The second kappa shape index (κ2) is 13.0. The van der Waals surface area contributed by atoms with Gasteiger partial charge >= 0.3 is 11.9 Å². The highest BCUT2D eigenvalue weighted by molar-refractivity contribution is 8.00. The van der Waals surface area contributed by atoms with Crippen molar-refractivity contribution < 1.29 is 33.9 Å². The molecule has 1 saturated heterocycles. The Balaban J connectivity index is 1.55. The van der Waals surface area contributed by atoms with Crippen LogP contribution in [0.15, 0.2) is 52.4 Å². The number of nitrogen functional groups attached to an aromatic ring is 1. The van der Waals surface area contributed by atoms with Gasteiger partial charge in [-0.15, -0.1) is 23.1 Å². The number of rotatable bonds is 10. The third-order valence-corrected chi connectivity index (χ3v) is 7.84. The van der Waals surface area contributed by atoms with Crippen LogP contribution in [0, 0.1) is 5.92 Å². The molecule has 15 heteroatoms. The highest BCUT2D eigenvalue weighted by Gasteiger charge is 2.54. The smallest absolute Gasteiger partial charge is 0.358 e. The molecule has 0 spiro atoms. The molecule has 4 heterocycles. The van der Waals surface area contributed by atoms with Gasteiger partial charge in [0, 0.05) is 36.9 Å². The van der Waals surface area contributed by atoms with Crippen molar-refractivity contribution in [2.75, 3.05) is 11.5 Å². The molecule has 4 rings (SSSR count). The van der Waals surface area contributed by atoms with Crippen LogP contribution in [-0.4, -0.2) is 73.0 Å². The number of thioether (sulfide) groups is 1. The van der Waals surface area contributed by atoms with Crippen LogP contribution in [0.1, 0.15) is 38.4 Å². The number of carbonyl (C=O) groups excluding carboxylic acids is 4. The van der Waals surface area contributed by atoms with Gasteiger partial charge in [-0.2, -0.15) is 0 Å². The second-order valence-corrected chi connectivity index (χ2v) is 11.4. The molecule has 0 saturated carbocycles. The summed E-state index contributed by atoms with van der Waals surface area (Å²) in [6, 6.07) is 2.57. The number of oxime groups is 1. The van der Waals surface area contributed by atoms with Crippen molar-refractivity contribution in [3.8, 4) is 0 Å². The van der Waals surface area contributed by atoms with Crippen molar-refractivity contribution in [1.82, 2.24) is 20.2 Å². The van der Waals surface area contributed by atoms with Crippen LogP contribution in [0.5, 0.6) is 0 Å². The fourth-order valence-corrected chi connectivity index (χ4v) is 5.91. The van der Waals surface area contributed by atoms with E-state index in [2.05, 4.69) is 20.4 Å². The average Bonchev–Trinajstić information content (AvgIpc) is 3.35. The Labute approximate surface area is 243 Å². The minimum absolute atomic E-state index is 0.0283. The molecule has 2 aromatic heterocycles. The van der Waals surface area contributed by atoms with Crippen LogP contribution in [0.25, 0.3) is 6.08 Å². The fourth-order valence-electron chi connectivity index (χ4n) is 4.05. The maximum absolute atomic E-state index is 13.4. The van der Waals surface area contributed by atoms with Gasteiger partial charge in [0.15, 0.2) is 10.8 Å². The predicted molar refractivity (Wildman–Crippen MR) is 151 cm³/mol. The molecule has 216 valence electrons. The van der Waals surface area contributed by atoms with Crippen molar-refractivity contribution in [2.24, 2.45) is 11.1 Å². The van der Waals surface area contributed by atoms with Gasteiger partial charge in [0.2, 0.25) is 6.29 Å². The lowest BCUT2D eigenvalue weighted by atomic mass is 10.0. The van der Waals surface area contributed by atoms with E-state index in [1.165, 1.54) is 29.0 Å². The lowest BCUT2D eigenvalue weighted by Gasteiger charge is -2.49. The first kappa shape index (κ1) is 29.7. The molecule has 0 aromatic carbocycles. The van der Waals surface area contributed by atoms with Crippen LogP contribution in [0.2, 0.25) is 0 Å². The van der Waals surface area contributed by atoms with E-state index in [0.717, 1.165) is 16.9 Å². The zero-order valence-corrected chi connectivity index (χ0v) is 24.0. The molecule has 1 fully saturated rings. The number of aromatic nitrogens is 2. The molecule has 2 aromatic rings. The molecule has 2 aliphatic rings. The molecule has 2 amide bonds. The number of hydrogen-bond donors (Lipinski definition) is 3. The van der Waals surface area contributed by atoms with Gasteiger partial charge in [0.1, 0.15) is 22.8 Å². The van der Waals surface area contributed by atoms with Gasteiger partial charge in [0.05, 0.1) is 0 Å². The Hall–Kier alpha value is -4.24. The van der Waals surface area contributed by atoms with Crippen LogP contribution >= 0.6 is 23.1 Å². The molecule has 0 radical (unpaired) electrons. The van der Waals surface area contributed by atoms with Crippen molar-refractivity contribution in [3.63, 3.8) is 0 Å². The number of esters is 2. The summed E-state index contributed by atoms with van der Waals surface area (Å²) in [5.41, 5.74) is 6.50. The standard InChI is InChI=1S/C26H28N6O7S2/c1-13(2)9-18(33)38-14(3)39-25(36)21-16(7-6-15-5-4-8-28-10-15)11-40-24-20(23(35)32(21)24)30-22(34)19(31-37)17-12-41-26(27)29-17/h4-8,10,12-14,20,24,37H,9,11H2,1-3H3,(H2,27,29)(H,30,34)/b7-6-,31-19-/t14-,20-,24-/m1/s1. The number of β-lactam (4-membered cyclic amide) rings is 1. The predicted octanol–water partition coefficient (Wildman–Crippen LogP) is 2.14. The molecule has 2 aliphatic heterocycles. The summed E-state index contributed by atoms with van der Waals surface area (Å²) in [6.07, 6.45) is 5.66. The average molecular weight is 601 g/mol. The number of allylic oxidation sites excluding steroid dienone is 1. The van der Waals surface area contributed by atoms with E-state index in [1.807, 2.05) is 19.9 Å². The van der Waals surface area contributed by atoms with Crippen molar-refractivity contribution in [3.05, 3.63) is 58.5 Å². The normalized spacial score (nSPS) is 19.6. The molecule has 3 atom stereocenters. The minimum Gasteiger partial charge on any atom is -0.425 e. The summed E-state index contributed by atoms with van der Waals surface area (Å²) in [7, 11) is 0. The number of pyridine rings is 1. The van der Waals surface area contributed by atoms with Crippen molar-refractivity contribution in [2.45, 2.75) is 44.9 Å². The van der Waals surface area contributed by atoms with Gasteiger partial charge in [0.25, 0.3) is 11.8 Å². The first-order chi connectivity index (χ1) is 19.6. The molecule has 0 aliphatic carbocycles. The zero-order chi connectivity index (χ0) is 29.7. The van der Waals surface area contributed by atoms with E-state index < -0.39 is 47.2 Å². The third kappa shape index (κ3) is 6.92. The first-order valence-electron chi connectivity index (χ1n) is 12.5. The van der Waals surface area contributed by atoms with Crippen molar-refractivity contribution >= 4 is 63.8 Å². The number of nitrogens with zero attached hydrogens (tertiary/aromatic N) is 4. The number of carbonyl (C=O) groups is 4. The summed E-state index contributed by atoms with van der Waals surface area (Å²) < 4.78 is 10.6. The van der Waals surface area contributed by atoms with Crippen LogP contribution in [0.3, 0.4) is 0 Å². The van der Waals surface area contributed by atoms with Gasteiger partial charge < -0.3 is 25.7 Å². The molecular formula is C26H28N6O7S2. The third-order valence-electron chi connectivity index (χ3n) is 5.86. The van der Waals surface area contributed by atoms with Gasteiger partial charge in [-0.1, -0.05) is 37.2 Å². The number of thiazole rings is 1. The van der Waals surface area contributed by atoms with Crippen molar-refractivity contribution in [1.29, 1.82) is 0 Å². The van der Waals surface area contributed by atoms with E-state index in [4.69, 9.17) is 15.2 Å². The monoisotopic (exact) mass is 600 g/mol. The van der Waals surface area contributed by atoms with E-state index >= 15 is 0 Å². The highest BCUT2D eigenvalue weighted by Crippen LogP contribution is 2.41. The van der Waals surface area contributed by atoms with Crippen LogP contribution in [-0.2, 0) is 28.7 Å². The molecule has 0 unspecified atom stereocenters. The summed E-state index contributed by atoms with van der Waals surface area (Å²) in [5, 5.41) is 15.9. The number of hydrogen-bond acceptors (Lipinski definition) is 13. The molecule has 13 nitrogen and oxygen atoms in total. The Morgan fingerprint density at radius 2 is 2.07 bits per heavy atom. The largest absolute Gasteiger partial charge is 0.425 e. The number of nitrogens with one attached hydrogen (secondary N) is 1. The molecule has 4 N–H and O–H groups in total. The van der Waals surface area contributed by atoms with Crippen LogP contribution in [0.4, 0.5) is 5.13 Å². The summed E-state index contributed by atoms with van der Waals surface area (Å²) in [5.74, 6) is -2.43. The quantitative estimate of drug-likeness (QED) is 0.0906. The summed E-state index contributed by atoms with van der Waals surface area (Å²) >= 11 is 2.38. The fraction of sp³-hybridized carbons (Fsp3) is 0.346. The van der Waals surface area contributed by atoms with E-state index in [-0.39, 0.29) is 28.9 Å². The van der Waals surface area contributed by atoms with E-state index in [9.17, 15) is 24.4 Å². The first-order valence-corrected chi connectivity index (χ1v) is 14.4. The van der Waals surface area contributed by atoms with Gasteiger partial charge in [-0.25, -0.2) is 9.78 Å². The minimum atomic E-state index is -1.20. The maximum Gasteiger partial charge on any atom is 0.358 e. The summed E-state index contributed by atoms with van der Waals surface area (Å²) in [6.45, 7) is 5.13. The number of fused-ring (bicyclic) bond motifs is 1. The number of anilines is 1. The van der Waals surface area contributed by atoms with E-state index in [1.54, 1.807) is 30.6 Å². The Bertz CT molecular complexity index is 1420. The molecule has 41 heavy (non-hydrogen) atoms. The highest BCUT2D eigenvalue weighted by atomic mass is 32.2. The molecular weight excluding hydrogens is 572 g/mol. The number of amides is 2.